The highest BCUT2D eigenvalue weighted by molar-refractivity contribution is 5.95. The van der Waals surface area contributed by atoms with Gasteiger partial charge in [-0.3, -0.25) is 9.48 Å². The largest absolute Gasteiger partial charge is 0.479 e. The van der Waals surface area contributed by atoms with Crippen LogP contribution in [0.1, 0.15) is 28.9 Å². The Kier molecular flexibility index (Phi) is 3.84. The van der Waals surface area contributed by atoms with E-state index in [0.29, 0.717) is 30.6 Å². The van der Waals surface area contributed by atoms with Crippen molar-refractivity contribution in [2.75, 3.05) is 6.54 Å². The van der Waals surface area contributed by atoms with Crippen molar-refractivity contribution in [1.82, 2.24) is 15.1 Å². The van der Waals surface area contributed by atoms with Crippen LogP contribution >= 0.6 is 0 Å². The van der Waals surface area contributed by atoms with Crippen molar-refractivity contribution in [3.05, 3.63) is 17.5 Å². The van der Waals surface area contributed by atoms with Crippen molar-refractivity contribution in [3.63, 3.8) is 0 Å². The Morgan fingerprint density at radius 3 is 2.84 bits per heavy atom. The summed E-state index contributed by atoms with van der Waals surface area (Å²) >= 11 is 0. The maximum atomic E-state index is 11.9. The quantitative estimate of drug-likeness (QED) is 0.806. The van der Waals surface area contributed by atoms with Crippen LogP contribution in [0.3, 0.4) is 0 Å². The molecule has 0 spiro atoms. The number of carboxylic acid groups (broad SMARTS) is 1. The van der Waals surface area contributed by atoms with Crippen molar-refractivity contribution in [2.45, 2.75) is 32.0 Å². The fourth-order valence-corrected chi connectivity index (χ4v) is 2.16. The minimum Gasteiger partial charge on any atom is -0.479 e. The van der Waals surface area contributed by atoms with Crippen LogP contribution in [-0.4, -0.2) is 45.5 Å². The molecule has 2 atom stereocenters. The molecular weight excluding hydrogens is 250 g/mol. The van der Waals surface area contributed by atoms with Gasteiger partial charge in [-0.25, -0.2) is 4.79 Å². The molecule has 2 rings (SSSR count). The molecule has 1 fully saturated rings. The van der Waals surface area contributed by atoms with E-state index >= 15 is 0 Å². The Balaban J connectivity index is 1.85. The summed E-state index contributed by atoms with van der Waals surface area (Å²) in [5, 5.41) is 15.6. The average Bonchev–Trinajstić information content (AvgIpc) is 2.93. The van der Waals surface area contributed by atoms with Crippen LogP contribution in [0.25, 0.3) is 0 Å². The van der Waals surface area contributed by atoms with Gasteiger partial charge in [0, 0.05) is 19.8 Å². The molecule has 1 aliphatic heterocycles. The van der Waals surface area contributed by atoms with Gasteiger partial charge in [-0.1, -0.05) is 0 Å². The molecule has 1 aliphatic rings. The molecule has 0 radical (unpaired) electrons. The molecule has 0 bridgehead atoms. The number of hydrogen-bond acceptors (Lipinski definition) is 4. The summed E-state index contributed by atoms with van der Waals surface area (Å²) in [6.45, 7) is 2.08. The van der Waals surface area contributed by atoms with Crippen LogP contribution in [0, 0.1) is 6.92 Å². The second-order valence-corrected chi connectivity index (χ2v) is 4.67. The number of carbonyl (C=O) groups excluding carboxylic acids is 1. The molecule has 1 aromatic rings. The first-order valence-corrected chi connectivity index (χ1v) is 6.14. The van der Waals surface area contributed by atoms with Gasteiger partial charge in [0.2, 0.25) is 0 Å². The summed E-state index contributed by atoms with van der Waals surface area (Å²) < 4.78 is 6.89. The van der Waals surface area contributed by atoms with E-state index < -0.39 is 12.1 Å². The molecule has 7 nitrogen and oxygen atoms in total. The lowest BCUT2D eigenvalue weighted by atomic mass is 10.2. The zero-order valence-electron chi connectivity index (χ0n) is 10.9. The molecule has 19 heavy (non-hydrogen) atoms. The fraction of sp³-hybridized carbons (Fsp3) is 0.583. The second-order valence-electron chi connectivity index (χ2n) is 4.67. The number of nitrogens with one attached hydrogen (secondary N) is 1. The zero-order valence-corrected chi connectivity index (χ0v) is 10.9. The molecule has 1 amide bonds. The number of carboxylic acids is 1. The first kappa shape index (κ1) is 13.5. The molecule has 0 saturated carbocycles. The molecule has 0 aliphatic carbocycles. The van der Waals surface area contributed by atoms with E-state index in [9.17, 15) is 9.59 Å². The van der Waals surface area contributed by atoms with Crippen molar-refractivity contribution < 1.29 is 19.4 Å². The molecule has 104 valence electrons. The topological polar surface area (TPSA) is 93.5 Å². The van der Waals surface area contributed by atoms with Crippen molar-refractivity contribution in [1.29, 1.82) is 0 Å². The van der Waals surface area contributed by atoms with Crippen LogP contribution in [-0.2, 0) is 16.6 Å². The standard InChI is InChI=1S/C12H17N3O4/c1-7-9(6-15(2)14-7)11(16)13-5-8-3-4-10(19-8)12(17)18/h6,8,10H,3-5H2,1-2H3,(H,13,16)(H,17,18). The van der Waals surface area contributed by atoms with E-state index in [1.54, 1.807) is 24.9 Å². The third-order valence-corrected chi connectivity index (χ3v) is 3.13. The SMILES string of the molecule is Cc1nn(C)cc1C(=O)NCC1CCC(C(=O)O)O1. The highest BCUT2D eigenvalue weighted by atomic mass is 16.5. The number of aromatic nitrogens is 2. The molecule has 7 heteroatoms. The predicted octanol–water partition coefficient (Wildman–Crippen LogP) is 0.0905. The summed E-state index contributed by atoms with van der Waals surface area (Å²) in [7, 11) is 1.75. The molecule has 2 N–H and O–H groups in total. The lowest BCUT2D eigenvalue weighted by molar-refractivity contribution is -0.149. The minimum atomic E-state index is -0.947. The molecule has 1 saturated heterocycles. The lowest BCUT2D eigenvalue weighted by Crippen LogP contribution is -2.33. The Bertz CT molecular complexity index is 497. The van der Waals surface area contributed by atoms with Gasteiger partial charge in [0.25, 0.3) is 5.91 Å². The first-order valence-electron chi connectivity index (χ1n) is 6.14. The van der Waals surface area contributed by atoms with Crippen molar-refractivity contribution >= 4 is 11.9 Å². The maximum absolute atomic E-state index is 11.9. The molecule has 0 aromatic carbocycles. The summed E-state index contributed by atoms with van der Waals surface area (Å²) in [5.74, 6) is -1.16. The van der Waals surface area contributed by atoms with Gasteiger partial charge in [0.1, 0.15) is 0 Å². The Morgan fingerprint density at radius 1 is 1.58 bits per heavy atom. The number of amides is 1. The first-order chi connectivity index (χ1) is 8.97. The van der Waals surface area contributed by atoms with Crippen LogP contribution in [0.2, 0.25) is 0 Å². The number of hydrogen-bond donors (Lipinski definition) is 2. The number of aliphatic carboxylic acids is 1. The van der Waals surface area contributed by atoms with Gasteiger partial charge in [0.05, 0.1) is 17.4 Å². The number of aryl methyl sites for hydroxylation is 2. The summed E-state index contributed by atoms with van der Waals surface area (Å²) in [6, 6.07) is 0. The normalized spacial score (nSPS) is 22.4. The number of nitrogens with zero attached hydrogens (tertiary/aromatic N) is 2. The van der Waals surface area contributed by atoms with Gasteiger partial charge in [-0.2, -0.15) is 5.10 Å². The molecular formula is C12H17N3O4. The summed E-state index contributed by atoms with van der Waals surface area (Å²) in [5.41, 5.74) is 1.19. The van der Waals surface area contributed by atoms with Crippen LogP contribution in [0.5, 0.6) is 0 Å². The van der Waals surface area contributed by atoms with Crippen molar-refractivity contribution in [2.24, 2.45) is 7.05 Å². The van der Waals surface area contributed by atoms with Gasteiger partial charge < -0.3 is 15.2 Å². The second kappa shape index (κ2) is 5.40. The molecule has 2 unspecified atom stereocenters. The van der Waals surface area contributed by atoms with E-state index in [1.807, 2.05) is 0 Å². The number of ether oxygens (including phenoxy) is 1. The van der Waals surface area contributed by atoms with E-state index in [0.717, 1.165) is 0 Å². The highest BCUT2D eigenvalue weighted by Gasteiger charge is 2.30. The zero-order chi connectivity index (χ0) is 14.0. The van der Waals surface area contributed by atoms with Crippen molar-refractivity contribution in [3.8, 4) is 0 Å². The van der Waals surface area contributed by atoms with E-state index in [1.165, 1.54) is 0 Å². The Labute approximate surface area is 110 Å². The van der Waals surface area contributed by atoms with Crippen LogP contribution < -0.4 is 5.32 Å². The fourth-order valence-electron chi connectivity index (χ4n) is 2.16. The smallest absolute Gasteiger partial charge is 0.332 e. The Hall–Kier alpha value is -1.89. The predicted molar refractivity (Wildman–Crippen MR) is 65.8 cm³/mol. The van der Waals surface area contributed by atoms with E-state index in [4.69, 9.17) is 9.84 Å². The monoisotopic (exact) mass is 267 g/mol. The molecule has 2 heterocycles. The average molecular weight is 267 g/mol. The Morgan fingerprint density at radius 2 is 2.32 bits per heavy atom. The maximum Gasteiger partial charge on any atom is 0.332 e. The van der Waals surface area contributed by atoms with Gasteiger partial charge in [0.15, 0.2) is 6.10 Å². The van der Waals surface area contributed by atoms with Gasteiger partial charge in [-0.15, -0.1) is 0 Å². The van der Waals surface area contributed by atoms with Gasteiger partial charge in [-0.05, 0) is 19.8 Å². The van der Waals surface area contributed by atoms with E-state index in [-0.39, 0.29) is 12.0 Å². The van der Waals surface area contributed by atoms with Crippen LogP contribution in [0.4, 0.5) is 0 Å². The van der Waals surface area contributed by atoms with Gasteiger partial charge >= 0.3 is 5.97 Å². The minimum absolute atomic E-state index is 0.215. The third kappa shape index (κ3) is 3.11. The summed E-state index contributed by atoms with van der Waals surface area (Å²) in [6.07, 6.45) is 1.80. The lowest BCUT2D eigenvalue weighted by Gasteiger charge is -2.11. The number of rotatable bonds is 4. The summed E-state index contributed by atoms with van der Waals surface area (Å²) in [4.78, 5) is 22.6. The molecule has 1 aromatic heterocycles. The third-order valence-electron chi connectivity index (χ3n) is 3.13. The highest BCUT2D eigenvalue weighted by Crippen LogP contribution is 2.19. The van der Waals surface area contributed by atoms with Crippen LogP contribution in [0.15, 0.2) is 6.20 Å². The van der Waals surface area contributed by atoms with E-state index in [2.05, 4.69) is 10.4 Å². The number of carbonyl (C=O) groups is 2.